The maximum Gasteiger partial charge on any atom is 0.244 e. The molecule has 0 fully saturated rings. The molecule has 3 heterocycles. The van der Waals surface area contributed by atoms with E-state index in [1.165, 1.54) is 7.11 Å². The van der Waals surface area contributed by atoms with Gasteiger partial charge < -0.3 is 15.2 Å². The minimum absolute atomic E-state index is 0.0144. The topological polar surface area (TPSA) is 96.9 Å². The van der Waals surface area contributed by atoms with Gasteiger partial charge in [-0.05, 0) is 32.0 Å². The van der Waals surface area contributed by atoms with E-state index >= 15 is 0 Å². The van der Waals surface area contributed by atoms with Crippen molar-refractivity contribution >= 4 is 34.5 Å². The minimum Gasteiger partial charge on any atom is -0.495 e. The Hall–Kier alpha value is -2.66. The fourth-order valence-electron chi connectivity index (χ4n) is 3.65. The van der Waals surface area contributed by atoms with E-state index in [-0.39, 0.29) is 11.5 Å². The molecule has 29 heavy (non-hydrogen) atoms. The summed E-state index contributed by atoms with van der Waals surface area (Å²) in [6.45, 7) is 4.07. The number of hydrogen-bond donors (Lipinski definition) is 2. The van der Waals surface area contributed by atoms with Crippen molar-refractivity contribution in [2.75, 3.05) is 7.11 Å². The van der Waals surface area contributed by atoms with Gasteiger partial charge in [-0.25, -0.2) is 0 Å². The fraction of sp³-hybridized carbons (Fsp3) is 0.200. The summed E-state index contributed by atoms with van der Waals surface area (Å²) in [6, 6.07) is 7.55. The highest BCUT2D eigenvalue weighted by Gasteiger charge is 2.38. The van der Waals surface area contributed by atoms with Crippen LogP contribution in [-0.2, 0) is 0 Å². The summed E-state index contributed by atoms with van der Waals surface area (Å²) in [5.41, 5.74) is 9.34. The number of methoxy groups -OCH3 is 1. The maximum atomic E-state index is 9.88. The van der Waals surface area contributed by atoms with Gasteiger partial charge in [-0.15, -0.1) is 16.4 Å². The van der Waals surface area contributed by atoms with E-state index in [0.717, 1.165) is 21.0 Å². The van der Waals surface area contributed by atoms with Crippen LogP contribution in [0.4, 0.5) is 0 Å². The zero-order valence-corrected chi connectivity index (χ0v) is 18.1. The van der Waals surface area contributed by atoms with E-state index in [4.69, 9.17) is 38.4 Å². The van der Waals surface area contributed by atoms with Gasteiger partial charge in [-0.1, -0.05) is 23.2 Å². The number of benzene rings is 1. The lowest BCUT2D eigenvalue weighted by Crippen LogP contribution is -2.21. The fourth-order valence-corrected chi connectivity index (χ4v) is 5.17. The molecule has 9 heteroatoms. The summed E-state index contributed by atoms with van der Waals surface area (Å²) in [7, 11) is 1.51. The highest BCUT2D eigenvalue weighted by Crippen LogP contribution is 2.50. The smallest absolute Gasteiger partial charge is 0.244 e. The maximum absolute atomic E-state index is 9.88. The molecule has 2 aromatic heterocycles. The Balaban J connectivity index is 2.04. The Kier molecular flexibility index (Phi) is 4.95. The number of aryl methyl sites for hydroxylation is 2. The number of nitrogens with one attached hydrogen (secondary N) is 1. The van der Waals surface area contributed by atoms with Crippen LogP contribution in [0, 0.1) is 25.2 Å². The quantitative estimate of drug-likeness (QED) is 0.569. The normalized spacial score (nSPS) is 15.7. The third-order valence-corrected chi connectivity index (χ3v) is 6.27. The first-order valence-electron chi connectivity index (χ1n) is 8.61. The van der Waals surface area contributed by atoms with Crippen molar-refractivity contribution in [1.82, 2.24) is 10.2 Å². The van der Waals surface area contributed by atoms with Gasteiger partial charge in [0, 0.05) is 25.9 Å². The molecule has 0 radical (unpaired) electrons. The van der Waals surface area contributed by atoms with Crippen molar-refractivity contribution < 1.29 is 9.47 Å². The molecule has 0 saturated carbocycles. The predicted molar refractivity (Wildman–Crippen MR) is 114 cm³/mol. The number of aromatic amines is 1. The van der Waals surface area contributed by atoms with E-state index in [2.05, 4.69) is 22.3 Å². The molecule has 0 unspecified atom stereocenters. The van der Waals surface area contributed by atoms with Crippen LogP contribution in [0.5, 0.6) is 11.6 Å². The third-order valence-electron chi connectivity index (χ3n) is 4.80. The molecular formula is C20H16Cl2N4O2S. The summed E-state index contributed by atoms with van der Waals surface area (Å²) in [4.78, 5) is 2.28. The molecule has 148 valence electrons. The second-order valence-corrected chi connectivity index (χ2v) is 8.88. The van der Waals surface area contributed by atoms with Crippen molar-refractivity contribution in [2.24, 2.45) is 5.73 Å². The molecule has 0 amide bonds. The predicted octanol–water partition coefficient (Wildman–Crippen LogP) is 5.29. The van der Waals surface area contributed by atoms with Crippen LogP contribution in [0.3, 0.4) is 0 Å². The van der Waals surface area contributed by atoms with E-state index in [1.54, 1.807) is 23.5 Å². The third kappa shape index (κ3) is 3.14. The monoisotopic (exact) mass is 446 g/mol. The highest BCUT2D eigenvalue weighted by atomic mass is 35.5. The SMILES string of the molecule is COc1c(Cl)cc(Cl)cc1[C@H]1C(C#N)=C(N)Oc2n[nH]c(-c3cc(C)sc3C)c21. The summed E-state index contributed by atoms with van der Waals surface area (Å²) in [5, 5.41) is 18.0. The van der Waals surface area contributed by atoms with E-state index in [0.29, 0.717) is 32.8 Å². The summed E-state index contributed by atoms with van der Waals surface area (Å²) in [6.07, 6.45) is 0. The van der Waals surface area contributed by atoms with Gasteiger partial charge in [0.2, 0.25) is 11.8 Å². The lowest BCUT2D eigenvalue weighted by Gasteiger charge is -2.26. The van der Waals surface area contributed by atoms with Gasteiger partial charge >= 0.3 is 0 Å². The lowest BCUT2D eigenvalue weighted by molar-refractivity contribution is 0.375. The number of halogens is 2. The zero-order valence-electron chi connectivity index (χ0n) is 15.8. The molecule has 0 bridgehead atoms. The number of thiophene rings is 1. The van der Waals surface area contributed by atoms with Crippen molar-refractivity contribution in [1.29, 1.82) is 5.26 Å². The van der Waals surface area contributed by atoms with Crippen LogP contribution in [0.2, 0.25) is 10.0 Å². The minimum atomic E-state index is -0.608. The lowest BCUT2D eigenvalue weighted by atomic mass is 9.82. The van der Waals surface area contributed by atoms with Crippen LogP contribution < -0.4 is 15.2 Å². The Labute approximate surface area is 181 Å². The van der Waals surface area contributed by atoms with Gasteiger partial charge in [0.25, 0.3) is 0 Å². The molecule has 3 aromatic rings. The molecule has 0 spiro atoms. The zero-order chi connectivity index (χ0) is 20.9. The second-order valence-electron chi connectivity index (χ2n) is 6.58. The standard InChI is InChI=1S/C20H16Cl2N4O2S/c1-8-4-11(9(2)29-8)17-16-15(12-5-10(21)6-14(22)18(12)27-3)13(7-23)19(24)28-20(16)26-25-17/h4-6,15H,24H2,1-3H3,(H,25,26)/t15-/m0/s1. The van der Waals surface area contributed by atoms with Crippen molar-refractivity contribution in [3.8, 4) is 29.0 Å². The average molecular weight is 447 g/mol. The van der Waals surface area contributed by atoms with Gasteiger partial charge in [0.1, 0.15) is 17.4 Å². The Morgan fingerprint density at radius 2 is 2.07 bits per heavy atom. The van der Waals surface area contributed by atoms with Crippen molar-refractivity contribution in [2.45, 2.75) is 19.8 Å². The summed E-state index contributed by atoms with van der Waals surface area (Å²) < 4.78 is 11.2. The van der Waals surface area contributed by atoms with Crippen molar-refractivity contribution in [3.63, 3.8) is 0 Å². The van der Waals surface area contributed by atoms with Crippen LogP contribution in [0.25, 0.3) is 11.3 Å². The van der Waals surface area contributed by atoms with E-state index < -0.39 is 5.92 Å². The second kappa shape index (κ2) is 7.30. The van der Waals surface area contributed by atoms with Gasteiger partial charge in [0.05, 0.1) is 29.3 Å². The van der Waals surface area contributed by atoms with Crippen LogP contribution in [0.15, 0.2) is 29.7 Å². The first-order chi connectivity index (χ1) is 13.8. The van der Waals surface area contributed by atoms with Gasteiger partial charge in [0.15, 0.2) is 0 Å². The largest absolute Gasteiger partial charge is 0.495 e. The van der Waals surface area contributed by atoms with Crippen LogP contribution in [0.1, 0.15) is 26.8 Å². The molecule has 6 nitrogen and oxygen atoms in total. The first-order valence-corrected chi connectivity index (χ1v) is 10.2. The number of nitrogens with zero attached hydrogens (tertiary/aromatic N) is 2. The molecule has 1 atom stereocenters. The number of aromatic nitrogens is 2. The molecule has 4 rings (SSSR count). The molecule has 1 aliphatic rings. The Bertz CT molecular complexity index is 1210. The Morgan fingerprint density at radius 1 is 1.31 bits per heavy atom. The Morgan fingerprint density at radius 3 is 2.69 bits per heavy atom. The first kappa shape index (κ1) is 19.6. The number of fused-ring (bicyclic) bond motifs is 1. The number of nitriles is 1. The number of rotatable bonds is 3. The molecule has 1 aromatic carbocycles. The van der Waals surface area contributed by atoms with Crippen LogP contribution >= 0.6 is 34.5 Å². The van der Waals surface area contributed by atoms with Gasteiger partial charge in [-0.2, -0.15) is 5.26 Å². The number of nitrogens with two attached hydrogens (primary N) is 1. The summed E-state index contributed by atoms with van der Waals surface area (Å²) >= 11 is 14.3. The molecule has 3 N–H and O–H groups in total. The molecular weight excluding hydrogens is 431 g/mol. The van der Waals surface area contributed by atoms with Gasteiger partial charge in [-0.3, -0.25) is 5.10 Å². The van der Waals surface area contributed by atoms with Crippen LogP contribution in [-0.4, -0.2) is 17.3 Å². The average Bonchev–Trinajstić information content (AvgIpc) is 3.21. The number of H-pyrrole nitrogens is 1. The van der Waals surface area contributed by atoms with Crippen molar-refractivity contribution in [3.05, 3.63) is 60.6 Å². The van der Waals surface area contributed by atoms with E-state index in [9.17, 15) is 5.26 Å². The molecule has 0 aliphatic carbocycles. The van der Waals surface area contributed by atoms with E-state index in [1.807, 2.05) is 13.8 Å². The molecule has 0 saturated heterocycles. The number of hydrogen-bond acceptors (Lipinski definition) is 6. The molecule has 1 aliphatic heterocycles. The highest BCUT2D eigenvalue weighted by molar-refractivity contribution is 7.12. The summed E-state index contributed by atoms with van der Waals surface area (Å²) in [5.74, 6) is 0.102. The number of ether oxygens (including phenoxy) is 2. The number of allylic oxidation sites excluding steroid dienone is 1.